The number of fused-ring (bicyclic) bond motifs is 1. The summed E-state index contributed by atoms with van der Waals surface area (Å²) in [4.78, 5) is 14.7. The summed E-state index contributed by atoms with van der Waals surface area (Å²) < 4.78 is 2.61. The van der Waals surface area contributed by atoms with E-state index in [4.69, 9.17) is 0 Å². The molecule has 0 saturated carbocycles. The minimum Gasteiger partial charge on any atom is -0.296 e. The number of imidazole rings is 1. The van der Waals surface area contributed by atoms with Crippen LogP contribution in [0.15, 0.2) is 22.8 Å². The molecule has 0 saturated heterocycles. The normalized spacial score (nSPS) is 10.6. The first-order valence-corrected chi connectivity index (χ1v) is 4.62. The number of carbonyl (C=O) groups is 1. The fourth-order valence-corrected chi connectivity index (χ4v) is 1.95. The highest BCUT2D eigenvalue weighted by molar-refractivity contribution is 9.10. The van der Waals surface area contributed by atoms with Crippen molar-refractivity contribution in [2.75, 3.05) is 0 Å². The van der Waals surface area contributed by atoms with Gasteiger partial charge in [0.05, 0.1) is 0 Å². The lowest BCUT2D eigenvalue weighted by atomic mass is 10.4. The zero-order valence-electron chi connectivity index (χ0n) is 6.99. The SMILES string of the molecule is Cc1cccc2nc(C=O)c(Br)n12. The monoisotopic (exact) mass is 238 g/mol. The van der Waals surface area contributed by atoms with Crippen LogP contribution in [-0.2, 0) is 0 Å². The van der Waals surface area contributed by atoms with Gasteiger partial charge in [0.25, 0.3) is 0 Å². The molecular weight excluding hydrogens is 232 g/mol. The predicted octanol–water partition coefficient (Wildman–Crippen LogP) is 2.22. The first-order valence-electron chi connectivity index (χ1n) is 3.83. The van der Waals surface area contributed by atoms with Crippen molar-refractivity contribution in [2.24, 2.45) is 0 Å². The molecule has 0 aliphatic carbocycles. The van der Waals surface area contributed by atoms with Crippen LogP contribution in [-0.4, -0.2) is 15.7 Å². The van der Waals surface area contributed by atoms with Crippen LogP contribution in [0.5, 0.6) is 0 Å². The number of aryl methyl sites for hydroxylation is 1. The van der Waals surface area contributed by atoms with E-state index in [9.17, 15) is 4.79 Å². The van der Waals surface area contributed by atoms with E-state index in [0.717, 1.165) is 22.2 Å². The zero-order valence-corrected chi connectivity index (χ0v) is 8.58. The topological polar surface area (TPSA) is 34.4 Å². The number of pyridine rings is 1. The molecule has 0 aliphatic heterocycles. The summed E-state index contributed by atoms with van der Waals surface area (Å²) in [5.74, 6) is 0. The summed E-state index contributed by atoms with van der Waals surface area (Å²) in [7, 11) is 0. The second-order valence-electron chi connectivity index (χ2n) is 2.77. The molecule has 0 aliphatic rings. The van der Waals surface area contributed by atoms with Crippen LogP contribution in [0.25, 0.3) is 5.65 Å². The van der Waals surface area contributed by atoms with Crippen molar-refractivity contribution in [1.29, 1.82) is 0 Å². The van der Waals surface area contributed by atoms with Gasteiger partial charge in [-0.2, -0.15) is 0 Å². The third kappa shape index (κ3) is 1.18. The Balaban J connectivity index is 2.92. The van der Waals surface area contributed by atoms with Crippen molar-refractivity contribution in [3.05, 3.63) is 34.2 Å². The third-order valence-corrected chi connectivity index (χ3v) is 2.68. The summed E-state index contributed by atoms with van der Waals surface area (Å²) >= 11 is 3.33. The molecule has 4 heteroatoms. The van der Waals surface area contributed by atoms with E-state index in [2.05, 4.69) is 20.9 Å². The number of nitrogens with zero attached hydrogens (tertiary/aromatic N) is 2. The van der Waals surface area contributed by atoms with E-state index in [1.807, 2.05) is 29.5 Å². The molecule has 3 nitrogen and oxygen atoms in total. The maximum atomic E-state index is 10.6. The van der Waals surface area contributed by atoms with Crippen molar-refractivity contribution in [1.82, 2.24) is 9.38 Å². The van der Waals surface area contributed by atoms with Crippen molar-refractivity contribution >= 4 is 27.9 Å². The minimum atomic E-state index is 0.439. The van der Waals surface area contributed by atoms with Crippen LogP contribution in [0, 0.1) is 6.92 Å². The smallest absolute Gasteiger partial charge is 0.171 e. The molecule has 0 bridgehead atoms. The van der Waals surface area contributed by atoms with Gasteiger partial charge in [-0.15, -0.1) is 0 Å². The largest absolute Gasteiger partial charge is 0.296 e. The zero-order chi connectivity index (χ0) is 9.42. The van der Waals surface area contributed by atoms with Crippen molar-refractivity contribution in [3.8, 4) is 0 Å². The Labute approximate surface area is 83.5 Å². The van der Waals surface area contributed by atoms with Gasteiger partial charge >= 0.3 is 0 Å². The van der Waals surface area contributed by atoms with Gasteiger partial charge < -0.3 is 0 Å². The maximum Gasteiger partial charge on any atom is 0.171 e. The van der Waals surface area contributed by atoms with Gasteiger partial charge in [0.2, 0.25) is 0 Å². The van der Waals surface area contributed by atoms with E-state index in [0.29, 0.717) is 5.69 Å². The summed E-state index contributed by atoms with van der Waals surface area (Å²) in [5.41, 5.74) is 2.27. The van der Waals surface area contributed by atoms with Crippen molar-refractivity contribution in [2.45, 2.75) is 6.92 Å². The van der Waals surface area contributed by atoms with Crippen molar-refractivity contribution in [3.63, 3.8) is 0 Å². The Morgan fingerprint density at radius 3 is 2.92 bits per heavy atom. The second-order valence-corrected chi connectivity index (χ2v) is 3.52. The van der Waals surface area contributed by atoms with Crippen molar-refractivity contribution < 1.29 is 4.79 Å². The maximum absolute atomic E-state index is 10.6. The minimum absolute atomic E-state index is 0.439. The van der Waals surface area contributed by atoms with E-state index in [1.165, 1.54) is 0 Å². The lowest BCUT2D eigenvalue weighted by Gasteiger charge is -1.98. The molecule has 0 aromatic carbocycles. The van der Waals surface area contributed by atoms with E-state index >= 15 is 0 Å². The Hall–Kier alpha value is -1.16. The second kappa shape index (κ2) is 2.96. The molecule has 0 spiro atoms. The van der Waals surface area contributed by atoms with E-state index < -0.39 is 0 Å². The molecule has 2 aromatic heterocycles. The van der Waals surface area contributed by atoms with Crippen LogP contribution < -0.4 is 0 Å². The number of hydrogen-bond donors (Lipinski definition) is 0. The lowest BCUT2D eigenvalue weighted by molar-refractivity contribution is 0.111. The van der Waals surface area contributed by atoms with E-state index in [-0.39, 0.29) is 0 Å². The molecule has 0 radical (unpaired) electrons. The average Bonchev–Trinajstić information content (AvgIpc) is 2.44. The molecule has 0 atom stereocenters. The van der Waals surface area contributed by atoms with Gasteiger partial charge in [0.1, 0.15) is 15.9 Å². The Morgan fingerprint density at radius 2 is 2.31 bits per heavy atom. The molecule has 2 aromatic rings. The molecule has 2 rings (SSSR count). The molecule has 0 fully saturated rings. The fourth-order valence-electron chi connectivity index (χ4n) is 1.30. The number of aldehydes is 1. The quantitative estimate of drug-likeness (QED) is 0.715. The number of aromatic nitrogens is 2. The Morgan fingerprint density at radius 1 is 1.54 bits per heavy atom. The van der Waals surface area contributed by atoms with Gasteiger partial charge in [-0.3, -0.25) is 9.20 Å². The molecule has 0 N–H and O–H groups in total. The van der Waals surface area contributed by atoms with Crippen LogP contribution in [0.4, 0.5) is 0 Å². The summed E-state index contributed by atoms with van der Waals surface area (Å²) in [6.07, 6.45) is 0.747. The first kappa shape index (κ1) is 8.44. The fraction of sp³-hybridized carbons (Fsp3) is 0.111. The standard InChI is InChI=1S/C9H7BrN2O/c1-6-3-2-4-8-11-7(5-13)9(10)12(6)8/h2-5H,1H3. The van der Waals surface area contributed by atoms with Crippen LogP contribution in [0.2, 0.25) is 0 Å². The number of hydrogen-bond acceptors (Lipinski definition) is 2. The lowest BCUT2D eigenvalue weighted by Crippen LogP contribution is -1.89. The third-order valence-electron chi connectivity index (χ3n) is 1.92. The number of carbonyl (C=O) groups excluding carboxylic acids is 1. The number of rotatable bonds is 1. The predicted molar refractivity (Wildman–Crippen MR) is 53.0 cm³/mol. The highest BCUT2D eigenvalue weighted by Crippen LogP contribution is 2.19. The molecule has 0 amide bonds. The molecular formula is C9H7BrN2O. The van der Waals surface area contributed by atoms with Gasteiger partial charge in [0, 0.05) is 5.69 Å². The number of halogens is 1. The van der Waals surface area contributed by atoms with E-state index in [1.54, 1.807) is 0 Å². The summed E-state index contributed by atoms with van der Waals surface area (Å²) in [5, 5.41) is 0. The van der Waals surface area contributed by atoms with Gasteiger partial charge in [-0.05, 0) is 35.0 Å². The van der Waals surface area contributed by atoms with Crippen LogP contribution >= 0.6 is 15.9 Å². The Bertz CT molecular complexity index is 476. The Kier molecular flexibility index (Phi) is 1.92. The summed E-state index contributed by atoms with van der Waals surface area (Å²) in [6, 6.07) is 5.75. The van der Waals surface area contributed by atoms with Crippen LogP contribution in [0.3, 0.4) is 0 Å². The highest BCUT2D eigenvalue weighted by atomic mass is 79.9. The molecule has 0 unspecified atom stereocenters. The molecule has 2 heterocycles. The molecule has 66 valence electrons. The van der Waals surface area contributed by atoms with Gasteiger partial charge in [0.15, 0.2) is 6.29 Å². The highest BCUT2D eigenvalue weighted by Gasteiger charge is 2.08. The molecule has 13 heavy (non-hydrogen) atoms. The van der Waals surface area contributed by atoms with Gasteiger partial charge in [-0.1, -0.05) is 6.07 Å². The van der Waals surface area contributed by atoms with Crippen LogP contribution in [0.1, 0.15) is 16.2 Å². The average molecular weight is 239 g/mol. The first-order chi connectivity index (χ1) is 6.24. The van der Waals surface area contributed by atoms with Gasteiger partial charge in [-0.25, -0.2) is 4.98 Å². The summed E-state index contributed by atoms with van der Waals surface area (Å²) in [6.45, 7) is 1.97.